The molecule has 0 saturated heterocycles. The number of thioether (sulfide) groups is 1. The molecule has 1 amide bonds. The molecule has 0 spiro atoms. The van der Waals surface area contributed by atoms with Crippen molar-refractivity contribution in [2.24, 2.45) is 14.1 Å². The number of para-hydroxylation sites is 1. The Morgan fingerprint density at radius 1 is 1.19 bits per heavy atom. The number of aromatic nitrogens is 3. The fraction of sp³-hybridized carbons (Fsp3) is 0.176. The summed E-state index contributed by atoms with van der Waals surface area (Å²) in [5.41, 5.74) is -0.615. The van der Waals surface area contributed by atoms with E-state index >= 15 is 0 Å². The predicted octanol–water partition coefficient (Wildman–Crippen LogP) is 1.50. The second-order valence-electron chi connectivity index (χ2n) is 5.53. The molecule has 2 heterocycles. The summed E-state index contributed by atoms with van der Waals surface area (Å²) in [6.45, 7) is 0. The molecule has 0 unspecified atom stereocenters. The van der Waals surface area contributed by atoms with Gasteiger partial charge in [0.15, 0.2) is 0 Å². The standard InChI is InChI=1S/C17H15FN4O3S/c1-21-15-14(16(24)22(2)17(21)25)12(7-8-19-15)26-9-13(23)20-11-6-4-3-5-10(11)18/h3-8H,9H2,1-2H3,(H,20,23). The maximum absolute atomic E-state index is 13.6. The molecule has 3 aromatic rings. The fourth-order valence-corrected chi connectivity index (χ4v) is 3.31. The van der Waals surface area contributed by atoms with Crippen molar-refractivity contribution in [3.8, 4) is 0 Å². The molecule has 0 aliphatic heterocycles. The van der Waals surface area contributed by atoms with Gasteiger partial charge in [0, 0.05) is 25.2 Å². The van der Waals surface area contributed by atoms with E-state index in [1.54, 1.807) is 12.1 Å². The first-order valence-electron chi connectivity index (χ1n) is 7.62. The van der Waals surface area contributed by atoms with Crippen molar-refractivity contribution in [3.05, 3.63) is 63.2 Å². The first-order chi connectivity index (χ1) is 12.4. The van der Waals surface area contributed by atoms with Gasteiger partial charge in [0.1, 0.15) is 11.5 Å². The van der Waals surface area contributed by atoms with Crippen molar-refractivity contribution in [1.29, 1.82) is 0 Å². The molecule has 134 valence electrons. The number of hydrogen-bond acceptors (Lipinski definition) is 5. The maximum Gasteiger partial charge on any atom is 0.332 e. The Bertz CT molecular complexity index is 1120. The molecule has 0 saturated carbocycles. The van der Waals surface area contributed by atoms with Gasteiger partial charge in [0.05, 0.1) is 16.8 Å². The molecule has 1 aromatic carbocycles. The molecule has 0 aliphatic carbocycles. The molecule has 26 heavy (non-hydrogen) atoms. The maximum atomic E-state index is 13.6. The number of nitrogens with one attached hydrogen (secondary N) is 1. The molecule has 0 fully saturated rings. The predicted molar refractivity (Wildman–Crippen MR) is 98.0 cm³/mol. The average molecular weight is 374 g/mol. The molecule has 0 bridgehead atoms. The van der Waals surface area contributed by atoms with Gasteiger partial charge in [0.2, 0.25) is 5.91 Å². The number of benzene rings is 1. The van der Waals surface area contributed by atoms with Crippen LogP contribution in [0, 0.1) is 5.82 Å². The van der Waals surface area contributed by atoms with Gasteiger partial charge in [-0.1, -0.05) is 12.1 Å². The minimum absolute atomic E-state index is 0.0283. The third-order valence-corrected chi connectivity index (χ3v) is 4.87. The second-order valence-corrected chi connectivity index (χ2v) is 6.55. The summed E-state index contributed by atoms with van der Waals surface area (Å²) in [4.78, 5) is 41.2. The summed E-state index contributed by atoms with van der Waals surface area (Å²) < 4.78 is 15.9. The summed E-state index contributed by atoms with van der Waals surface area (Å²) in [6, 6.07) is 7.47. The zero-order valence-electron chi connectivity index (χ0n) is 14.0. The van der Waals surface area contributed by atoms with E-state index in [0.717, 1.165) is 16.3 Å². The third kappa shape index (κ3) is 3.25. The van der Waals surface area contributed by atoms with E-state index in [2.05, 4.69) is 10.3 Å². The monoisotopic (exact) mass is 374 g/mol. The quantitative estimate of drug-likeness (QED) is 0.700. The van der Waals surface area contributed by atoms with Crippen LogP contribution >= 0.6 is 11.8 Å². The van der Waals surface area contributed by atoms with Crippen molar-refractivity contribution in [2.45, 2.75) is 4.90 Å². The van der Waals surface area contributed by atoms with E-state index in [1.165, 1.54) is 43.1 Å². The Balaban J connectivity index is 1.88. The minimum Gasteiger partial charge on any atom is -0.323 e. The Kier molecular flexibility index (Phi) is 4.90. The number of fused-ring (bicyclic) bond motifs is 1. The van der Waals surface area contributed by atoms with Crippen LogP contribution in [-0.4, -0.2) is 25.8 Å². The zero-order valence-corrected chi connectivity index (χ0v) is 14.8. The molecule has 0 aliphatic rings. The van der Waals surface area contributed by atoms with Gasteiger partial charge in [-0.05, 0) is 18.2 Å². The highest BCUT2D eigenvalue weighted by molar-refractivity contribution is 8.00. The molecule has 1 N–H and O–H groups in total. The van der Waals surface area contributed by atoms with Crippen LogP contribution in [0.15, 0.2) is 51.0 Å². The first-order valence-corrected chi connectivity index (χ1v) is 8.60. The highest BCUT2D eigenvalue weighted by Gasteiger charge is 2.15. The van der Waals surface area contributed by atoms with Crippen LogP contribution in [0.5, 0.6) is 0 Å². The van der Waals surface area contributed by atoms with Crippen molar-refractivity contribution < 1.29 is 9.18 Å². The van der Waals surface area contributed by atoms with E-state index in [9.17, 15) is 18.8 Å². The second kappa shape index (κ2) is 7.12. The van der Waals surface area contributed by atoms with Crippen LogP contribution < -0.4 is 16.6 Å². The molecule has 7 nitrogen and oxygen atoms in total. The van der Waals surface area contributed by atoms with Crippen LogP contribution in [0.3, 0.4) is 0 Å². The highest BCUT2D eigenvalue weighted by Crippen LogP contribution is 2.24. The molecule has 3 rings (SSSR count). The number of anilines is 1. The Labute approximate surface area is 151 Å². The lowest BCUT2D eigenvalue weighted by atomic mass is 10.3. The van der Waals surface area contributed by atoms with Gasteiger partial charge in [-0.2, -0.15) is 0 Å². The van der Waals surface area contributed by atoms with Gasteiger partial charge >= 0.3 is 5.69 Å². The largest absolute Gasteiger partial charge is 0.332 e. The van der Waals surface area contributed by atoms with Gasteiger partial charge < -0.3 is 5.32 Å². The molecule has 0 atom stereocenters. The van der Waals surface area contributed by atoms with E-state index in [0.29, 0.717) is 4.90 Å². The topological polar surface area (TPSA) is 86.0 Å². The van der Waals surface area contributed by atoms with Gasteiger partial charge in [-0.15, -0.1) is 11.8 Å². The van der Waals surface area contributed by atoms with Crippen LogP contribution in [0.25, 0.3) is 11.0 Å². The lowest BCUT2D eigenvalue weighted by Gasteiger charge is -2.10. The molecule has 2 aromatic heterocycles. The first kappa shape index (κ1) is 17.9. The molecule has 0 radical (unpaired) electrons. The van der Waals surface area contributed by atoms with Crippen LogP contribution in [0.1, 0.15) is 0 Å². The van der Waals surface area contributed by atoms with Gasteiger partial charge in [0.25, 0.3) is 5.56 Å². The summed E-state index contributed by atoms with van der Waals surface area (Å²) in [7, 11) is 2.91. The third-order valence-electron chi connectivity index (χ3n) is 3.81. The Morgan fingerprint density at radius 2 is 1.92 bits per heavy atom. The van der Waals surface area contributed by atoms with Crippen LogP contribution in [-0.2, 0) is 18.9 Å². The van der Waals surface area contributed by atoms with Crippen molar-refractivity contribution >= 4 is 34.4 Å². The fourth-order valence-electron chi connectivity index (χ4n) is 2.47. The summed E-state index contributed by atoms with van der Waals surface area (Å²) >= 11 is 1.12. The Hall–Kier alpha value is -2.94. The summed E-state index contributed by atoms with van der Waals surface area (Å²) in [5.74, 6) is -0.963. The van der Waals surface area contributed by atoms with Gasteiger partial charge in [-0.3, -0.25) is 18.7 Å². The number of hydrogen-bond donors (Lipinski definition) is 1. The highest BCUT2D eigenvalue weighted by atomic mass is 32.2. The number of carbonyl (C=O) groups excluding carboxylic acids is 1. The minimum atomic E-state index is -0.524. The van der Waals surface area contributed by atoms with E-state index in [1.807, 2.05) is 0 Å². The SMILES string of the molecule is Cn1c(=O)c2c(SCC(=O)Nc3ccccc3F)ccnc2n(C)c1=O. The summed E-state index contributed by atoms with van der Waals surface area (Å²) in [6.07, 6.45) is 1.47. The van der Waals surface area contributed by atoms with Crippen LogP contribution in [0.2, 0.25) is 0 Å². The smallest absolute Gasteiger partial charge is 0.323 e. The van der Waals surface area contributed by atoms with Crippen LogP contribution in [0.4, 0.5) is 10.1 Å². The van der Waals surface area contributed by atoms with E-state index in [-0.39, 0.29) is 22.5 Å². The number of pyridine rings is 1. The number of nitrogens with zero attached hydrogens (tertiary/aromatic N) is 3. The van der Waals surface area contributed by atoms with Gasteiger partial charge in [-0.25, -0.2) is 14.2 Å². The normalized spacial score (nSPS) is 10.9. The average Bonchev–Trinajstić information content (AvgIpc) is 2.64. The molecular formula is C17H15FN4O3S. The number of amides is 1. The van der Waals surface area contributed by atoms with E-state index < -0.39 is 23.0 Å². The Morgan fingerprint density at radius 3 is 2.65 bits per heavy atom. The number of carbonyl (C=O) groups is 1. The van der Waals surface area contributed by atoms with Crippen molar-refractivity contribution in [3.63, 3.8) is 0 Å². The lowest BCUT2D eigenvalue weighted by molar-refractivity contribution is -0.113. The summed E-state index contributed by atoms with van der Waals surface area (Å²) in [5, 5.41) is 2.75. The molecular weight excluding hydrogens is 359 g/mol. The lowest BCUT2D eigenvalue weighted by Crippen LogP contribution is -2.37. The number of aryl methyl sites for hydroxylation is 1. The molecule has 9 heteroatoms. The number of halogens is 1. The van der Waals surface area contributed by atoms with Crippen molar-refractivity contribution in [2.75, 3.05) is 11.1 Å². The van der Waals surface area contributed by atoms with Crippen molar-refractivity contribution in [1.82, 2.24) is 14.1 Å². The van der Waals surface area contributed by atoms with E-state index in [4.69, 9.17) is 0 Å². The number of rotatable bonds is 4. The zero-order chi connectivity index (χ0) is 18.8.